The molecular weight excluding hydrogens is 286 g/mol. The molecule has 1 aromatic carbocycles. The lowest BCUT2D eigenvalue weighted by molar-refractivity contribution is -0.151. The second-order valence-corrected chi connectivity index (χ2v) is 6.19. The maximum absolute atomic E-state index is 12.3. The Morgan fingerprint density at radius 3 is 2.05 bits per heavy atom. The zero-order valence-corrected chi connectivity index (χ0v) is 12.0. The molecule has 2 atom stereocenters. The predicted octanol–water partition coefficient (Wildman–Crippen LogP) is 1.01. The van der Waals surface area contributed by atoms with Crippen LogP contribution in [0.1, 0.15) is 18.4 Å². The van der Waals surface area contributed by atoms with Crippen LogP contribution in [-0.4, -0.2) is 46.0 Å². The second-order valence-electron chi connectivity index (χ2n) is 6.19. The number of benzene rings is 1. The van der Waals surface area contributed by atoms with Crippen molar-refractivity contribution in [3.8, 4) is 0 Å². The molecule has 0 bridgehead atoms. The lowest BCUT2D eigenvalue weighted by Crippen LogP contribution is -2.34. The van der Waals surface area contributed by atoms with Gasteiger partial charge < -0.3 is 15.1 Å². The van der Waals surface area contributed by atoms with Crippen molar-refractivity contribution in [3.63, 3.8) is 0 Å². The summed E-state index contributed by atoms with van der Waals surface area (Å²) in [5.41, 5.74) is -1.55. The van der Waals surface area contributed by atoms with Crippen LogP contribution in [0.2, 0.25) is 0 Å². The highest BCUT2D eigenvalue weighted by Gasteiger charge is 2.81. The Labute approximate surface area is 127 Å². The third-order valence-electron chi connectivity index (χ3n) is 4.96. The van der Waals surface area contributed by atoms with Crippen LogP contribution in [0.25, 0.3) is 0 Å². The summed E-state index contributed by atoms with van der Waals surface area (Å²) < 4.78 is 0. The SMILES string of the molecule is O=C(CCc1ccccc1)N1C[C@@]2(C(=O)O)C[C@@]2(C(=O)O)C1. The standard InChI is InChI=1S/C16H17NO5/c18-12(7-6-11-4-2-1-3-5-11)17-9-15(13(19)20)8-16(15,10-17)14(21)22/h1-5H,6-10H2,(H,19,20)(H,21,22)/t15-,16+. The molecule has 1 aliphatic heterocycles. The number of piperidine rings is 1. The normalized spacial score (nSPS) is 29.0. The Kier molecular flexibility index (Phi) is 3.20. The van der Waals surface area contributed by atoms with Crippen molar-refractivity contribution >= 4 is 17.8 Å². The highest BCUT2D eigenvalue weighted by atomic mass is 16.4. The summed E-state index contributed by atoms with van der Waals surface area (Å²) in [4.78, 5) is 36.5. The molecule has 0 aromatic heterocycles. The number of rotatable bonds is 5. The van der Waals surface area contributed by atoms with Gasteiger partial charge in [0.2, 0.25) is 5.91 Å². The number of carbonyl (C=O) groups is 3. The van der Waals surface area contributed by atoms with Crippen LogP contribution in [0.4, 0.5) is 0 Å². The van der Waals surface area contributed by atoms with Gasteiger partial charge in [-0.15, -0.1) is 0 Å². The number of aryl methyl sites for hydroxylation is 1. The molecule has 0 radical (unpaired) electrons. The zero-order valence-electron chi connectivity index (χ0n) is 12.0. The molecule has 1 aromatic rings. The number of carbonyl (C=O) groups excluding carboxylic acids is 1. The Morgan fingerprint density at radius 1 is 1.00 bits per heavy atom. The molecule has 3 rings (SSSR count). The minimum Gasteiger partial charge on any atom is -0.481 e. The maximum Gasteiger partial charge on any atom is 0.312 e. The molecule has 2 aliphatic rings. The number of carboxylic acids is 2. The summed E-state index contributed by atoms with van der Waals surface area (Å²) in [6.07, 6.45) is 0.943. The highest BCUT2D eigenvalue weighted by Crippen LogP contribution is 2.68. The number of hydrogen-bond acceptors (Lipinski definition) is 3. The van der Waals surface area contributed by atoms with Gasteiger partial charge in [0, 0.05) is 19.5 Å². The van der Waals surface area contributed by atoms with Crippen molar-refractivity contribution in [1.29, 1.82) is 0 Å². The third kappa shape index (κ3) is 1.98. The molecule has 0 spiro atoms. The first-order valence-corrected chi connectivity index (χ1v) is 7.20. The van der Waals surface area contributed by atoms with E-state index in [2.05, 4.69) is 0 Å². The van der Waals surface area contributed by atoms with E-state index in [1.165, 1.54) is 4.90 Å². The molecule has 1 saturated heterocycles. The number of likely N-dealkylation sites (tertiary alicyclic amines) is 1. The van der Waals surface area contributed by atoms with Crippen LogP contribution in [0.15, 0.2) is 30.3 Å². The molecule has 2 fully saturated rings. The molecule has 22 heavy (non-hydrogen) atoms. The zero-order chi connectivity index (χ0) is 16.0. The Balaban J connectivity index is 1.66. The molecule has 1 heterocycles. The van der Waals surface area contributed by atoms with Gasteiger partial charge in [-0.2, -0.15) is 0 Å². The van der Waals surface area contributed by atoms with E-state index in [0.29, 0.717) is 6.42 Å². The van der Waals surface area contributed by atoms with Crippen LogP contribution in [0, 0.1) is 10.8 Å². The van der Waals surface area contributed by atoms with Crippen LogP contribution < -0.4 is 0 Å². The minimum atomic E-state index is -1.29. The fourth-order valence-corrected chi connectivity index (χ4v) is 3.52. The van der Waals surface area contributed by atoms with Gasteiger partial charge in [0.1, 0.15) is 10.8 Å². The first-order valence-electron chi connectivity index (χ1n) is 7.20. The molecule has 1 saturated carbocycles. The van der Waals surface area contributed by atoms with E-state index < -0.39 is 22.8 Å². The number of nitrogens with zero attached hydrogens (tertiary/aromatic N) is 1. The molecule has 2 N–H and O–H groups in total. The minimum absolute atomic E-state index is 0.00224. The van der Waals surface area contributed by atoms with Crippen molar-refractivity contribution in [2.45, 2.75) is 19.3 Å². The summed E-state index contributed by atoms with van der Waals surface area (Å²) in [5, 5.41) is 18.7. The molecule has 6 nitrogen and oxygen atoms in total. The summed E-state index contributed by atoms with van der Waals surface area (Å²) >= 11 is 0. The van der Waals surface area contributed by atoms with Crippen LogP contribution in [-0.2, 0) is 20.8 Å². The van der Waals surface area contributed by atoms with Gasteiger partial charge in [0.15, 0.2) is 0 Å². The van der Waals surface area contributed by atoms with E-state index >= 15 is 0 Å². The fraction of sp³-hybridized carbons (Fsp3) is 0.438. The first-order chi connectivity index (χ1) is 10.4. The lowest BCUT2D eigenvalue weighted by atomic mass is 9.97. The van der Waals surface area contributed by atoms with Crippen molar-refractivity contribution in [3.05, 3.63) is 35.9 Å². The van der Waals surface area contributed by atoms with Crippen molar-refractivity contribution in [1.82, 2.24) is 4.90 Å². The van der Waals surface area contributed by atoms with E-state index in [1.807, 2.05) is 30.3 Å². The van der Waals surface area contributed by atoms with Gasteiger partial charge in [-0.1, -0.05) is 30.3 Å². The average molecular weight is 303 g/mol. The van der Waals surface area contributed by atoms with Gasteiger partial charge in [-0.3, -0.25) is 14.4 Å². The summed E-state index contributed by atoms with van der Waals surface area (Å²) in [6.45, 7) is 0.00448. The van der Waals surface area contributed by atoms with E-state index in [4.69, 9.17) is 0 Å². The largest absolute Gasteiger partial charge is 0.481 e. The quantitative estimate of drug-likeness (QED) is 0.846. The summed E-state index contributed by atoms with van der Waals surface area (Å²) in [5.74, 6) is -2.42. The second kappa shape index (κ2) is 4.83. The summed E-state index contributed by atoms with van der Waals surface area (Å²) in [6, 6.07) is 9.53. The van der Waals surface area contributed by atoms with E-state index in [-0.39, 0.29) is 31.8 Å². The van der Waals surface area contributed by atoms with Crippen molar-refractivity contribution in [2.24, 2.45) is 10.8 Å². The number of amides is 1. The Morgan fingerprint density at radius 2 is 1.55 bits per heavy atom. The van der Waals surface area contributed by atoms with Crippen LogP contribution in [0.5, 0.6) is 0 Å². The van der Waals surface area contributed by atoms with Crippen LogP contribution >= 0.6 is 0 Å². The number of fused-ring (bicyclic) bond motifs is 1. The molecule has 1 aliphatic carbocycles. The lowest BCUT2D eigenvalue weighted by Gasteiger charge is -2.20. The molecule has 0 unspecified atom stereocenters. The maximum atomic E-state index is 12.3. The van der Waals surface area contributed by atoms with E-state index in [1.54, 1.807) is 0 Å². The monoisotopic (exact) mass is 303 g/mol. The van der Waals surface area contributed by atoms with Gasteiger partial charge in [-0.05, 0) is 18.4 Å². The number of hydrogen-bond donors (Lipinski definition) is 2. The number of aliphatic carboxylic acids is 2. The van der Waals surface area contributed by atoms with Crippen LogP contribution in [0.3, 0.4) is 0 Å². The van der Waals surface area contributed by atoms with Gasteiger partial charge in [0.05, 0.1) is 0 Å². The highest BCUT2D eigenvalue weighted by molar-refractivity contribution is 5.96. The number of carboxylic acid groups (broad SMARTS) is 2. The fourth-order valence-electron chi connectivity index (χ4n) is 3.52. The van der Waals surface area contributed by atoms with Gasteiger partial charge in [0.25, 0.3) is 0 Å². The van der Waals surface area contributed by atoms with E-state index in [9.17, 15) is 24.6 Å². The molecule has 1 amide bonds. The molecule has 6 heteroatoms. The van der Waals surface area contributed by atoms with Crippen molar-refractivity contribution in [2.75, 3.05) is 13.1 Å². The Hall–Kier alpha value is -2.37. The molecule has 116 valence electrons. The van der Waals surface area contributed by atoms with Crippen molar-refractivity contribution < 1.29 is 24.6 Å². The van der Waals surface area contributed by atoms with E-state index in [0.717, 1.165) is 5.56 Å². The average Bonchev–Trinajstić information content (AvgIpc) is 3.05. The topological polar surface area (TPSA) is 94.9 Å². The first kappa shape index (κ1) is 14.6. The predicted molar refractivity (Wildman–Crippen MR) is 76.1 cm³/mol. The van der Waals surface area contributed by atoms with Gasteiger partial charge in [-0.25, -0.2) is 0 Å². The third-order valence-corrected chi connectivity index (χ3v) is 4.96. The molecular formula is C16H17NO5. The van der Waals surface area contributed by atoms with Gasteiger partial charge >= 0.3 is 11.9 Å². The summed E-state index contributed by atoms with van der Waals surface area (Å²) in [7, 11) is 0. The Bertz CT molecular complexity index is 615. The smallest absolute Gasteiger partial charge is 0.312 e.